The number of carbonyl (C=O) groups is 1. The molecule has 0 unspecified atom stereocenters. The van der Waals surface area contributed by atoms with Gasteiger partial charge in [0.25, 0.3) is 0 Å². The third-order valence-electron chi connectivity index (χ3n) is 1.46. The minimum atomic E-state index is -0.0987. The van der Waals surface area contributed by atoms with E-state index in [1.165, 1.54) is 6.08 Å². The summed E-state index contributed by atoms with van der Waals surface area (Å²) in [5.74, 6) is 0.693. The standard InChI is InChI=1S/C8H16N2O.C3H7Cl/c1-5-8(11)9-6-7-10(2,3)4;1-2-3-4/h5H,1,6-7H2,2-4H3;2-3H2,1H3/p+1. The van der Waals surface area contributed by atoms with E-state index in [0.29, 0.717) is 6.54 Å². The molecule has 0 radical (unpaired) electrons. The van der Waals surface area contributed by atoms with Crippen LogP contribution in [0.2, 0.25) is 0 Å². The van der Waals surface area contributed by atoms with E-state index in [-0.39, 0.29) is 5.91 Å². The number of amides is 1. The van der Waals surface area contributed by atoms with Crippen LogP contribution in [0.25, 0.3) is 0 Å². The molecule has 0 saturated heterocycles. The van der Waals surface area contributed by atoms with Crippen LogP contribution in [0.5, 0.6) is 0 Å². The first kappa shape index (κ1) is 16.9. The third-order valence-corrected chi connectivity index (χ3v) is 1.83. The summed E-state index contributed by atoms with van der Waals surface area (Å²) in [6.07, 6.45) is 2.37. The maximum atomic E-state index is 10.7. The monoisotopic (exact) mass is 235 g/mol. The largest absolute Gasteiger partial charge is 0.347 e. The normalized spacial score (nSPS) is 9.93. The number of rotatable bonds is 5. The molecule has 1 N–H and O–H groups in total. The molecule has 0 aromatic heterocycles. The number of halogens is 1. The highest BCUT2D eigenvalue weighted by molar-refractivity contribution is 6.17. The number of likely N-dealkylation sites (N-methyl/N-ethyl adjacent to an activating group) is 1. The van der Waals surface area contributed by atoms with Crippen LogP contribution in [0, 0.1) is 0 Å². The summed E-state index contributed by atoms with van der Waals surface area (Å²) in [6, 6.07) is 0. The van der Waals surface area contributed by atoms with Crippen LogP contribution in [-0.2, 0) is 4.79 Å². The number of carbonyl (C=O) groups excluding carboxylic acids is 1. The molecular formula is C11H24ClN2O+. The van der Waals surface area contributed by atoms with Gasteiger partial charge < -0.3 is 9.80 Å². The number of alkyl halides is 1. The molecule has 0 atom stereocenters. The van der Waals surface area contributed by atoms with Crippen LogP contribution < -0.4 is 5.32 Å². The Hall–Kier alpha value is -0.540. The van der Waals surface area contributed by atoms with Gasteiger partial charge in [0.05, 0.1) is 34.2 Å². The second-order valence-corrected chi connectivity index (χ2v) is 4.58. The van der Waals surface area contributed by atoms with Crippen molar-refractivity contribution in [3.63, 3.8) is 0 Å². The summed E-state index contributed by atoms with van der Waals surface area (Å²) in [6.45, 7) is 7.04. The Morgan fingerprint density at radius 1 is 1.47 bits per heavy atom. The highest BCUT2D eigenvalue weighted by Crippen LogP contribution is 1.86. The zero-order chi connectivity index (χ0) is 12.3. The SMILES string of the molecule is C=CC(=O)NCC[N+](C)(C)C.CCCCl. The highest BCUT2D eigenvalue weighted by atomic mass is 35.5. The Morgan fingerprint density at radius 2 is 1.93 bits per heavy atom. The molecule has 0 heterocycles. The number of hydrogen-bond donors (Lipinski definition) is 1. The number of quaternary nitrogens is 1. The molecule has 0 bridgehead atoms. The Balaban J connectivity index is 0. The molecule has 0 spiro atoms. The van der Waals surface area contributed by atoms with E-state index in [1.807, 2.05) is 6.92 Å². The van der Waals surface area contributed by atoms with Crippen molar-refractivity contribution in [3.05, 3.63) is 12.7 Å². The van der Waals surface area contributed by atoms with Crippen LogP contribution in [0.3, 0.4) is 0 Å². The van der Waals surface area contributed by atoms with Crippen molar-refractivity contribution in [3.8, 4) is 0 Å². The molecule has 0 fully saturated rings. The number of nitrogens with one attached hydrogen (secondary N) is 1. The van der Waals surface area contributed by atoms with Gasteiger partial charge in [-0.25, -0.2) is 0 Å². The smallest absolute Gasteiger partial charge is 0.243 e. The fraction of sp³-hybridized carbons (Fsp3) is 0.727. The fourth-order valence-electron chi connectivity index (χ4n) is 0.587. The molecule has 0 saturated carbocycles. The van der Waals surface area contributed by atoms with E-state index in [1.54, 1.807) is 0 Å². The quantitative estimate of drug-likeness (QED) is 0.438. The third kappa shape index (κ3) is 19.8. The van der Waals surface area contributed by atoms with E-state index in [9.17, 15) is 4.79 Å². The van der Waals surface area contributed by atoms with Crippen LogP contribution in [0.4, 0.5) is 0 Å². The Morgan fingerprint density at radius 3 is 2.20 bits per heavy atom. The molecule has 0 aliphatic heterocycles. The first-order valence-electron chi connectivity index (χ1n) is 5.14. The van der Waals surface area contributed by atoms with E-state index >= 15 is 0 Å². The second kappa shape index (κ2) is 9.99. The Kier molecular flexibility index (Phi) is 11.2. The van der Waals surface area contributed by atoms with Gasteiger partial charge >= 0.3 is 0 Å². The molecule has 0 aliphatic carbocycles. The summed E-state index contributed by atoms with van der Waals surface area (Å²) in [5.41, 5.74) is 0. The highest BCUT2D eigenvalue weighted by Gasteiger charge is 2.05. The molecule has 3 nitrogen and oxygen atoms in total. The minimum Gasteiger partial charge on any atom is -0.347 e. The van der Waals surface area contributed by atoms with Gasteiger partial charge in [-0.3, -0.25) is 4.79 Å². The van der Waals surface area contributed by atoms with Gasteiger partial charge in [0.1, 0.15) is 0 Å². The minimum absolute atomic E-state index is 0.0987. The molecular weight excluding hydrogens is 212 g/mol. The lowest BCUT2D eigenvalue weighted by Gasteiger charge is -2.23. The number of hydrogen-bond acceptors (Lipinski definition) is 1. The zero-order valence-electron chi connectivity index (χ0n) is 10.3. The van der Waals surface area contributed by atoms with Crippen molar-refractivity contribution >= 4 is 17.5 Å². The summed E-state index contributed by atoms with van der Waals surface area (Å²) in [7, 11) is 6.25. The van der Waals surface area contributed by atoms with Crippen molar-refractivity contribution in [1.29, 1.82) is 0 Å². The summed E-state index contributed by atoms with van der Waals surface area (Å²) < 4.78 is 0.859. The summed E-state index contributed by atoms with van der Waals surface area (Å²) >= 11 is 5.19. The average molecular weight is 236 g/mol. The van der Waals surface area contributed by atoms with Gasteiger partial charge in [-0.2, -0.15) is 0 Å². The van der Waals surface area contributed by atoms with Gasteiger partial charge in [-0.05, 0) is 12.5 Å². The van der Waals surface area contributed by atoms with Gasteiger partial charge in [0.15, 0.2) is 0 Å². The molecule has 0 aromatic carbocycles. The van der Waals surface area contributed by atoms with E-state index in [0.717, 1.165) is 23.3 Å². The lowest BCUT2D eigenvalue weighted by molar-refractivity contribution is -0.869. The van der Waals surface area contributed by atoms with E-state index in [4.69, 9.17) is 11.6 Å². The second-order valence-electron chi connectivity index (χ2n) is 4.20. The molecule has 15 heavy (non-hydrogen) atoms. The predicted octanol–water partition coefficient (Wildman–Crippen LogP) is 1.63. The molecule has 90 valence electrons. The van der Waals surface area contributed by atoms with Crippen molar-refractivity contribution < 1.29 is 9.28 Å². The molecule has 0 aliphatic rings. The van der Waals surface area contributed by atoms with Crippen LogP contribution in [0.15, 0.2) is 12.7 Å². The number of nitrogens with zero attached hydrogens (tertiary/aromatic N) is 1. The van der Waals surface area contributed by atoms with Gasteiger partial charge in [0.2, 0.25) is 5.91 Å². The van der Waals surface area contributed by atoms with Crippen molar-refractivity contribution in [2.24, 2.45) is 0 Å². The van der Waals surface area contributed by atoms with Gasteiger partial charge in [-0.1, -0.05) is 13.5 Å². The molecule has 0 aromatic rings. The average Bonchev–Trinajstić information content (AvgIpc) is 2.16. The molecule has 4 heteroatoms. The predicted molar refractivity (Wildman–Crippen MR) is 67.1 cm³/mol. The Labute approximate surface area is 98.7 Å². The maximum absolute atomic E-state index is 10.7. The van der Waals surface area contributed by atoms with E-state index in [2.05, 4.69) is 33.0 Å². The lowest BCUT2D eigenvalue weighted by atomic mass is 10.5. The van der Waals surface area contributed by atoms with Crippen LogP contribution in [0.1, 0.15) is 13.3 Å². The molecule has 0 rings (SSSR count). The van der Waals surface area contributed by atoms with Crippen LogP contribution in [-0.4, -0.2) is 50.5 Å². The van der Waals surface area contributed by atoms with E-state index < -0.39 is 0 Å². The first-order chi connectivity index (χ1) is 6.87. The summed E-state index contributed by atoms with van der Waals surface area (Å²) in [5, 5.41) is 2.72. The summed E-state index contributed by atoms with van der Waals surface area (Å²) in [4.78, 5) is 10.7. The Bertz CT molecular complexity index is 174. The van der Waals surface area contributed by atoms with Crippen molar-refractivity contribution in [1.82, 2.24) is 5.32 Å². The molecule has 1 amide bonds. The first-order valence-corrected chi connectivity index (χ1v) is 5.67. The van der Waals surface area contributed by atoms with Crippen molar-refractivity contribution in [2.45, 2.75) is 13.3 Å². The van der Waals surface area contributed by atoms with Gasteiger partial charge in [-0.15, -0.1) is 11.6 Å². The lowest BCUT2D eigenvalue weighted by Crippen LogP contribution is -2.41. The van der Waals surface area contributed by atoms with Crippen LogP contribution >= 0.6 is 11.6 Å². The fourth-order valence-corrected chi connectivity index (χ4v) is 0.587. The van der Waals surface area contributed by atoms with Crippen molar-refractivity contribution in [2.75, 3.05) is 40.1 Å². The maximum Gasteiger partial charge on any atom is 0.243 e. The van der Waals surface area contributed by atoms with Gasteiger partial charge in [0, 0.05) is 5.88 Å². The zero-order valence-corrected chi connectivity index (χ0v) is 11.1. The topological polar surface area (TPSA) is 29.1 Å².